The molecule has 1 aromatic heterocycles. The molecule has 2 rings (SSSR count). The van der Waals surface area contributed by atoms with Crippen LogP contribution in [0.15, 0.2) is 24.4 Å². The number of rotatable bonds is 3. The van der Waals surface area contributed by atoms with Crippen molar-refractivity contribution in [2.45, 2.75) is 51.8 Å². The summed E-state index contributed by atoms with van der Waals surface area (Å²) in [7, 11) is 1.84. The third kappa shape index (κ3) is 4.98. The van der Waals surface area contributed by atoms with Gasteiger partial charge in [-0.05, 0) is 45.7 Å². The van der Waals surface area contributed by atoms with Crippen LogP contribution in [0.5, 0.6) is 0 Å². The van der Waals surface area contributed by atoms with Gasteiger partial charge in [-0.1, -0.05) is 6.07 Å². The van der Waals surface area contributed by atoms with Crippen LogP contribution in [0.1, 0.15) is 39.3 Å². The Balaban J connectivity index is 1.80. The van der Waals surface area contributed by atoms with Crippen LogP contribution in [0.4, 0.5) is 4.79 Å². The fraction of sp³-hybridized carbons (Fsp3) is 0.647. The molecule has 0 N–H and O–H groups in total. The highest BCUT2D eigenvalue weighted by Crippen LogP contribution is 2.19. The maximum Gasteiger partial charge on any atom is 0.410 e. The molecule has 0 bridgehead atoms. The quantitative estimate of drug-likeness (QED) is 0.861. The van der Waals surface area contributed by atoms with Crippen LogP contribution in [0.2, 0.25) is 0 Å². The van der Waals surface area contributed by atoms with Crippen LogP contribution in [0, 0.1) is 0 Å². The molecule has 122 valence electrons. The number of nitrogens with zero attached hydrogens (tertiary/aromatic N) is 3. The third-order valence-corrected chi connectivity index (χ3v) is 3.90. The zero-order valence-electron chi connectivity index (χ0n) is 14.1. The number of carbonyl (C=O) groups excluding carboxylic acids is 1. The van der Waals surface area contributed by atoms with Gasteiger partial charge in [-0.15, -0.1) is 0 Å². The van der Waals surface area contributed by atoms with Gasteiger partial charge in [0.25, 0.3) is 0 Å². The van der Waals surface area contributed by atoms with Gasteiger partial charge < -0.3 is 9.64 Å². The largest absolute Gasteiger partial charge is 0.444 e. The van der Waals surface area contributed by atoms with Gasteiger partial charge in [-0.3, -0.25) is 9.88 Å². The first-order valence-corrected chi connectivity index (χ1v) is 7.93. The van der Waals surface area contributed by atoms with Crippen molar-refractivity contribution in [3.05, 3.63) is 30.1 Å². The highest BCUT2D eigenvalue weighted by atomic mass is 16.6. The Labute approximate surface area is 133 Å². The van der Waals surface area contributed by atoms with E-state index in [2.05, 4.69) is 16.0 Å². The number of ether oxygens (including phenoxy) is 1. The van der Waals surface area contributed by atoms with E-state index in [1.54, 1.807) is 4.90 Å². The van der Waals surface area contributed by atoms with Gasteiger partial charge in [0.15, 0.2) is 0 Å². The molecule has 2 heterocycles. The number of pyridine rings is 1. The summed E-state index contributed by atoms with van der Waals surface area (Å²) in [6, 6.07) is 6.27. The molecule has 22 heavy (non-hydrogen) atoms. The summed E-state index contributed by atoms with van der Waals surface area (Å²) in [5.74, 6) is 0. The zero-order valence-corrected chi connectivity index (χ0v) is 14.1. The second kappa shape index (κ2) is 7.09. The maximum atomic E-state index is 12.1. The second-order valence-corrected chi connectivity index (χ2v) is 6.92. The van der Waals surface area contributed by atoms with E-state index in [0.29, 0.717) is 0 Å². The molecule has 0 saturated carbocycles. The Hall–Kier alpha value is -1.62. The average Bonchev–Trinajstić information content (AvgIpc) is 2.46. The molecule has 0 aliphatic carbocycles. The van der Waals surface area contributed by atoms with Crippen molar-refractivity contribution in [2.75, 3.05) is 20.1 Å². The normalized spacial score (nSPS) is 17.3. The molecule has 5 nitrogen and oxygen atoms in total. The molecule has 1 fully saturated rings. The Morgan fingerprint density at radius 1 is 1.36 bits per heavy atom. The summed E-state index contributed by atoms with van der Waals surface area (Å²) in [6.45, 7) is 8.53. The second-order valence-electron chi connectivity index (χ2n) is 6.92. The van der Waals surface area contributed by atoms with Crippen molar-refractivity contribution in [1.82, 2.24) is 14.8 Å². The van der Waals surface area contributed by atoms with E-state index in [-0.39, 0.29) is 12.1 Å². The lowest BCUT2D eigenvalue weighted by Gasteiger charge is -2.37. The van der Waals surface area contributed by atoms with Crippen molar-refractivity contribution in [3.63, 3.8) is 0 Å². The standard InChI is InChI=1S/C17H27N3O2/c1-17(2,3)22-16(21)19(4)15-8-11-20(12-9-15)13-14-7-5-6-10-18-14/h5-7,10,15H,8-9,11-13H2,1-4H3. The van der Waals surface area contributed by atoms with E-state index in [1.165, 1.54) is 0 Å². The number of likely N-dealkylation sites (tertiary alicyclic amines) is 1. The number of hydrogen-bond donors (Lipinski definition) is 0. The molecule has 1 amide bonds. The summed E-state index contributed by atoms with van der Waals surface area (Å²) >= 11 is 0. The molecular formula is C17H27N3O2. The monoisotopic (exact) mass is 305 g/mol. The molecular weight excluding hydrogens is 278 g/mol. The molecule has 1 aliphatic rings. The van der Waals surface area contributed by atoms with E-state index in [9.17, 15) is 4.79 Å². The van der Waals surface area contributed by atoms with Crippen LogP contribution in [-0.2, 0) is 11.3 Å². The van der Waals surface area contributed by atoms with Crippen LogP contribution in [-0.4, -0.2) is 52.7 Å². The minimum absolute atomic E-state index is 0.226. The predicted molar refractivity (Wildman–Crippen MR) is 86.5 cm³/mol. The van der Waals surface area contributed by atoms with Crippen LogP contribution in [0.25, 0.3) is 0 Å². The number of piperidine rings is 1. The summed E-state index contributed by atoms with van der Waals surface area (Å²) in [5, 5.41) is 0. The molecule has 1 saturated heterocycles. The number of aromatic nitrogens is 1. The van der Waals surface area contributed by atoms with Crippen molar-refractivity contribution in [1.29, 1.82) is 0 Å². The summed E-state index contributed by atoms with van der Waals surface area (Å²) in [5.41, 5.74) is 0.659. The molecule has 1 aromatic rings. The topological polar surface area (TPSA) is 45.7 Å². The molecule has 0 atom stereocenters. The Kier molecular flexibility index (Phi) is 5.40. The van der Waals surface area contributed by atoms with Crippen LogP contribution < -0.4 is 0 Å². The molecule has 0 spiro atoms. The lowest BCUT2D eigenvalue weighted by atomic mass is 10.0. The first-order valence-electron chi connectivity index (χ1n) is 7.93. The van der Waals surface area contributed by atoms with Crippen molar-refractivity contribution in [2.24, 2.45) is 0 Å². The maximum absolute atomic E-state index is 12.1. The Morgan fingerprint density at radius 3 is 2.59 bits per heavy atom. The minimum Gasteiger partial charge on any atom is -0.444 e. The number of hydrogen-bond acceptors (Lipinski definition) is 4. The highest BCUT2D eigenvalue weighted by molar-refractivity contribution is 5.68. The van der Waals surface area contributed by atoms with Gasteiger partial charge in [0.05, 0.1) is 5.69 Å². The lowest BCUT2D eigenvalue weighted by molar-refractivity contribution is 0.0148. The highest BCUT2D eigenvalue weighted by Gasteiger charge is 2.28. The van der Waals surface area contributed by atoms with E-state index < -0.39 is 5.60 Å². The van der Waals surface area contributed by atoms with Crippen molar-refractivity contribution >= 4 is 6.09 Å². The molecule has 5 heteroatoms. The molecule has 0 radical (unpaired) electrons. The molecule has 0 unspecified atom stereocenters. The summed E-state index contributed by atoms with van der Waals surface area (Å²) in [6.07, 6.45) is 3.56. The van der Waals surface area contributed by atoms with Crippen molar-refractivity contribution in [3.8, 4) is 0 Å². The smallest absolute Gasteiger partial charge is 0.410 e. The van der Waals surface area contributed by atoms with Crippen molar-refractivity contribution < 1.29 is 9.53 Å². The van der Waals surface area contributed by atoms with E-state index in [1.807, 2.05) is 46.1 Å². The first kappa shape index (κ1) is 16.7. The fourth-order valence-electron chi connectivity index (χ4n) is 2.67. The average molecular weight is 305 g/mol. The predicted octanol–water partition coefficient (Wildman–Crippen LogP) is 2.91. The zero-order chi connectivity index (χ0) is 16.2. The first-order chi connectivity index (χ1) is 10.3. The van der Waals surface area contributed by atoms with Crippen LogP contribution >= 0.6 is 0 Å². The molecule has 0 aromatic carbocycles. The van der Waals surface area contributed by atoms with Gasteiger partial charge in [-0.25, -0.2) is 4.79 Å². The number of amides is 1. The Bertz CT molecular complexity index is 476. The fourth-order valence-corrected chi connectivity index (χ4v) is 2.67. The van der Waals surface area contributed by atoms with E-state index in [0.717, 1.165) is 38.2 Å². The third-order valence-electron chi connectivity index (χ3n) is 3.90. The van der Waals surface area contributed by atoms with E-state index >= 15 is 0 Å². The Morgan fingerprint density at radius 2 is 2.05 bits per heavy atom. The van der Waals surface area contributed by atoms with E-state index in [4.69, 9.17) is 4.74 Å². The van der Waals surface area contributed by atoms with Gasteiger partial charge in [0, 0.05) is 38.9 Å². The summed E-state index contributed by atoms with van der Waals surface area (Å²) < 4.78 is 5.44. The van der Waals surface area contributed by atoms with Gasteiger partial charge in [0.1, 0.15) is 5.60 Å². The summed E-state index contributed by atoms with van der Waals surface area (Å²) in [4.78, 5) is 20.6. The lowest BCUT2D eigenvalue weighted by Crippen LogP contribution is -2.46. The van der Waals surface area contributed by atoms with Gasteiger partial charge >= 0.3 is 6.09 Å². The van der Waals surface area contributed by atoms with Gasteiger partial charge in [-0.2, -0.15) is 0 Å². The van der Waals surface area contributed by atoms with Crippen LogP contribution in [0.3, 0.4) is 0 Å². The van der Waals surface area contributed by atoms with Gasteiger partial charge in [0.2, 0.25) is 0 Å². The SMILES string of the molecule is CN(C(=O)OC(C)(C)C)C1CCN(Cc2ccccn2)CC1. The minimum atomic E-state index is -0.439. The number of carbonyl (C=O) groups is 1. The molecule has 1 aliphatic heterocycles.